The largest absolute Gasteiger partial charge is 0.477 e. The van der Waals surface area contributed by atoms with Crippen molar-refractivity contribution < 1.29 is 24.3 Å². The van der Waals surface area contributed by atoms with Crippen molar-refractivity contribution in [3.63, 3.8) is 0 Å². The van der Waals surface area contributed by atoms with Gasteiger partial charge in [0.05, 0.1) is 24.1 Å². The average Bonchev–Trinajstić information content (AvgIpc) is 3.36. The van der Waals surface area contributed by atoms with Gasteiger partial charge in [-0.05, 0) is 12.8 Å². The lowest BCUT2D eigenvalue weighted by Gasteiger charge is -2.37. The molecular formula is C18H23ClN6O5S. The third-order valence-electron chi connectivity index (χ3n) is 4.86. The monoisotopic (exact) mass is 470 g/mol. The summed E-state index contributed by atoms with van der Waals surface area (Å²) < 4.78 is 5.59. The minimum atomic E-state index is -1.09. The average molecular weight is 471 g/mol. The molecule has 1 aliphatic heterocycles. The fraction of sp³-hybridized carbons (Fsp3) is 0.500. The van der Waals surface area contributed by atoms with Crippen LogP contribution in [0.2, 0.25) is 5.15 Å². The van der Waals surface area contributed by atoms with Crippen LogP contribution in [0.4, 0.5) is 5.13 Å². The number of carbonyl (C=O) groups excluding carboxylic acids is 1. The van der Waals surface area contributed by atoms with E-state index in [-0.39, 0.29) is 39.6 Å². The molecule has 31 heavy (non-hydrogen) atoms. The minimum absolute atomic E-state index is 0.0709. The number of ether oxygens (including phenoxy) is 1. The van der Waals surface area contributed by atoms with E-state index in [1.54, 1.807) is 7.11 Å². The van der Waals surface area contributed by atoms with Crippen molar-refractivity contribution in [1.29, 1.82) is 0 Å². The number of oxime groups is 1. The number of methoxy groups -OCH3 is 1. The number of nitrogens with one attached hydrogen (secondary N) is 2. The number of piperidine rings is 1. The Morgan fingerprint density at radius 2 is 2.23 bits per heavy atom. The Hall–Kier alpha value is -2.70. The number of amides is 1. The summed E-state index contributed by atoms with van der Waals surface area (Å²) >= 11 is 7.08. The van der Waals surface area contributed by atoms with Gasteiger partial charge >= 0.3 is 5.97 Å². The van der Waals surface area contributed by atoms with E-state index in [1.165, 1.54) is 13.3 Å². The number of hydrogen-bond donors (Lipinski definition) is 3. The zero-order chi connectivity index (χ0) is 22.5. The maximum absolute atomic E-state index is 12.6. The number of H-pyrrole nitrogens is 1. The lowest BCUT2D eigenvalue weighted by molar-refractivity contribution is 0.0538. The van der Waals surface area contributed by atoms with Crippen LogP contribution in [0.25, 0.3) is 0 Å². The van der Waals surface area contributed by atoms with Crippen molar-refractivity contribution in [3.05, 3.63) is 27.2 Å². The van der Waals surface area contributed by atoms with Gasteiger partial charge in [-0.1, -0.05) is 35.0 Å². The fourth-order valence-corrected chi connectivity index (χ4v) is 4.44. The number of carboxylic acids is 1. The summed E-state index contributed by atoms with van der Waals surface area (Å²) in [5.74, 6) is -1.29. The van der Waals surface area contributed by atoms with E-state index in [4.69, 9.17) is 16.3 Å². The van der Waals surface area contributed by atoms with Crippen LogP contribution in [0.1, 0.15) is 45.0 Å². The van der Waals surface area contributed by atoms with Crippen molar-refractivity contribution in [1.82, 2.24) is 20.3 Å². The summed E-state index contributed by atoms with van der Waals surface area (Å²) in [6.07, 6.45) is 2.15. The van der Waals surface area contributed by atoms with Crippen LogP contribution in [-0.4, -0.2) is 77.6 Å². The van der Waals surface area contributed by atoms with Gasteiger partial charge in [0.25, 0.3) is 5.91 Å². The number of nitrogens with zero attached hydrogens (tertiary/aromatic N) is 4. The number of aromatic nitrogens is 3. The number of hydrogen-bond acceptors (Lipinski definition) is 9. The van der Waals surface area contributed by atoms with Gasteiger partial charge in [-0.2, -0.15) is 0 Å². The molecule has 13 heteroatoms. The molecule has 1 amide bonds. The number of halogens is 1. The molecule has 168 valence electrons. The molecule has 2 aromatic heterocycles. The first kappa shape index (κ1) is 23.0. The van der Waals surface area contributed by atoms with Gasteiger partial charge in [0.15, 0.2) is 16.1 Å². The lowest BCUT2D eigenvalue weighted by Crippen LogP contribution is -2.55. The summed E-state index contributed by atoms with van der Waals surface area (Å²) in [7, 11) is 2.93. The van der Waals surface area contributed by atoms with Crippen molar-refractivity contribution in [2.45, 2.75) is 31.9 Å². The van der Waals surface area contributed by atoms with Crippen molar-refractivity contribution >= 4 is 46.2 Å². The molecule has 0 spiro atoms. The molecule has 0 bridgehead atoms. The molecule has 3 rings (SSSR count). The Morgan fingerprint density at radius 1 is 1.45 bits per heavy atom. The Kier molecular flexibility index (Phi) is 7.46. The smallest absolute Gasteiger partial charge is 0.348 e. The molecule has 1 fully saturated rings. The lowest BCUT2D eigenvalue weighted by atomic mass is 10.0. The first-order valence-corrected chi connectivity index (χ1v) is 10.7. The van der Waals surface area contributed by atoms with Gasteiger partial charge in [0.2, 0.25) is 0 Å². The molecule has 0 unspecified atom stereocenters. The first-order valence-electron chi connectivity index (χ1n) is 9.51. The van der Waals surface area contributed by atoms with Gasteiger partial charge in [-0.25, -0.2) is 14.8 Å². The van der Waals surface area contributed by atoms with E-state index >= 15 is 0 Å². The topological polar surface area (TPSA) is 142 Å². The Morgan fingerprint density at radius 3 is 2.84 bits per heavy atom. The molecule has 2 aromatic rings. The number of carbonyl (C=O) groups is 2. The zero-order valence-corrected chi connectivity index (χ0v) is 18.8. The number of thiazole rings is 1. The number of aryl methyl sites for hydroxylation is 1. The molecule has 0 aromatic carbocycles. The van der Waals surface area contributed by atoms with E-state index in [0.717, 1.165) is 11.3 Å². The van der Waals surface area contributed by atoms with Crippen LogP contribution >= 0.6 is 22.9 Å². The van der Waals surface area contributed by atoms with Gasteiger partial charge in [0.1, 0.15) is 17.7 Å². The third kappa shape index (κ3) is 5.14. The summed E-state index contributed by atoms with van der Waals surface area (Å²) in [6.45, 7) is 2.89. The number of carboxylic acid groups (broad SMARTS) is 1. The summed E-state index contributed by atoms with van der Waals surface area (Å²) in [6, 6.07) is -0.254. The van der Waals surface area contributed by atoms with Crippen LogP contribution in [-0.2, 0) is 16.0 Å². The van der Waals surface area contributed by atoms with E-state index in [9.17, 15) is 14.7 Å². The second-order valence-electron chi connectivity index (χ2n) is 6.73. The van der Waals surface area contributed by atoms with E-state index in [0.29, 0.717) is 36.8 Å². The quantitative estimate of drug-likeness (QED) is 0.391. The van der Waals surface area contributed by atoms with Crippen molar-refractivity contribution in [2.24, 2.45) is 5.16 Å². The predicted molar refractivity (Wildman–Crippen MR) is 116 cm³/mol. The minimum Gasteiger partial charge on any atom is -0.477 e. The molecule has 2 atom stereocenters. The van der Waals surface area contributed by atoms with Crippen LogP contribution in [0.15, 0.2) is 5.16 Å². The summed E-state index contributed by atoms with van der Waals surface area (Å²) in [4.78, 5) is 42.1. The Bertz CT molecular complexity index is 977. The summed E-state index contributed by atoms with van der Waals surface area (Å²) in [5.41, 5.74) is 0.927. The molecule has 0 aliphatic carbocycles. The molecule has 11 nitrogen and oxygen atoms in total. The van der Waals surface area contributed by atoms with Crippen molar-refractivity contribution in [2.75, 3.05) is 32.2 Å². The van der Waals surface area contributed by atoms with Crippen LogP contribution in [0.3, 0.4) is 0 Å². The second-order valence-corrected chi connectivity index (χ2v) is 8.07. The third-order valence-corrected chi connectivity index (χ3v) is 6.30. The molecular weight excluding hydrogens is 448 g/mol. The maximum Gasteiger partial charge on any atom is 0.348 e. The second kappa shape index (κ2) is 10.1. The Labute approximate surface area is 187 Å². The van der Waals surface area contributed by atoms with Gasteiger partial charge in [-0.15, -0.1) is 0 Å². The van der Waals surface area contributed by atoms with E-state index in [2.05, 4.69) is 30.3 Å². The number of aromatic carboxylic acids is 1. The predicted octanol–water partition coefficient (Wildman–Crippen LogP) is 1.78. The molecule has 3 N–H and O–H groups in total. The number of imidazole rings is 1. The first-order chi connectivity index (χ1) is 14.9. The van der Waals surface area contributed by atoms with Crippen LogP contribution in [0, 0.1) is 0 Å². The standard InChI is InChI=1S/C18H23ClN6O5S/c1-4-9-14(19)24-15(21-9)16(26)22-10-5-6-25(8-12(10)29-2)18-23-11(7-20-30-3)13(31-18)17(27)28/h7,10,12H,4-6,8H2,1-3H3,(H,21,24)(H,22,26)(H,27,28)/t10-,12+/m1/s1. The van der Waals surface area contributed by atoms with Crippen molar-refractivity contribution in [3.8, 4) is 0 Å². The van der Waals surface area contributed by atoms with Gasteiger partial charge < -0.3 is 29.9 Å². The Balaban J connectivity index is 1.71. The van der Waals surface area contributed by atoms with Crippen LogP contribution in [0.5, 0.6) is 0 Å². The SMILES string of the molecule is CCc1[nH]c(C(=O)N[C@@H]2CCN(c3nc(C=NOC)c(C(=O)O)s3)C[C@@H]2OC)nc1Cl. The van der Waals surface area contributed by atoms with E-state index in [1.807, 2.05) is 11.8 Å². The highest BCUT2D eigenvalue weighted by atomic mass is 35.5. The number of aromatic amines is 1. The molecule has 3 heterocycles. The summed E-state index contributed by atoms with van der Waals surface area (Å²) in [5, 5.41) is 16.8. The maximum atomic E-state index is 12.6. The molecule has 0 saturated carbocycles. The zero-order valence-electron chi connectivity index (χ0n) is 17.2. The van der Waals surface area contributed by atoms with Gasteiger partial charge in [-0.3, -0.25) is 4.79 Å². The van der Waals surface area contributed by atoms with E-state index < -0.39 is 5.97 Å². The van der Waals surface area contributed by atoms with Crippen LogP contribution < -0.4 is 10.2 Å². The highest BCUT2D eigenvalue weighted by molar-refractivity contribution is 7.17. The highest BCUT2D eigenvalue weighted by Gasteiger charge is 2.33. The van der Waals surface area contributed by atoms with Gasteiger partial charge in [0, 0.05) is 20.2 Å². The number of rotatable bonds is 8. The number of anilines is 1. The molecule has 1 aliphatic rings. The highest BCUT2D eigenvalue weighted by Crippen LogP contribution is 2.29. The fourth-order valence-electron chi connectivity index (χ4n) is 3.26. The molecule has 1 saturated heterocycles. The normalized spacial score (nSPS) is 19.0. The molecule has 0 radical (unpaired) electrons.